The Morgan fingerprint density at radius 2 is 1.87 bits per heavy atom. The van der Waals surface area contributed by atoms with Gasteiger partial charge in [-0.05, 0) is 43.5 Å². The van der Waals surface area contributed by atoms with Gasteiger partial charge in [-0.1, -0.05) is 36.4 Å². The standard InChI is InChI=1S/C20H18N2O/c1-14-13-17(16-9-3-4-10-18(16)21-14)20(23)22-12-6-8-15-7-2-5-11-19(15)22/h2-5,7,9-11,13H,6,8,12H2,1H3. The van der Waals surface area contributed by atoms with E-state index in [4.69, 9.17) is 0 Å². The molecule has 23 heavy (non-hydrogen) atoms. The van der Waals surface area contributed by atoms with Crippen molar-refractivity contribution in [3.8, 4) is 0 Å². The molecule has 0 radical (unpaired) electrons. The minimum Gasteiger partial charge on any atom is -0.308 e. The van der Waals surface area contributed by atoms with Crippen LogP contribution in [0.25, 0.3) is 10.9 Å². The van der Waals surface area contributed by atoms with Gasteiger partial charge >= 0.3 is 0 Å². The summed E-state index contributed by atoms with van der Waals surface area (Å²) in [7, 11) is 0. The fourth-order valence-corrected chi connectivity index (χ4v) is 3.37. The fourth-order valence-electron chi connectivity index (χ4n) is 3.37. The van der Waals surface area contributed by atoms with E-state index in [0.717, 1.165) is 47.2 Å². The summed E-state index contributed by atoms with van der Waals surface area (Å²) >= 11 is 0. The number of benzene rings is 2. The number of pyridine rings is 1. The Hall–Kier alpha value is -2.68. The van der Waals surface area contributed by atoms with Crippen LogP contribution in [0.5, 0.6) is 0 Å². The van der Waals surface area contributed by atoms with Gasteiger partial charge in [0.2, 0.25) is 0 Å². The Labute approximate surface area is 135 Å². The van der Waals surface area contributed by atoms with Crippen LogP contribution in [0.3, 0.4) is 0 Å². The van der Waals surface area contributed by atoms with Gasteiger partial charge in [0.25, 0.3) is 5.91 Å². The number of fused-ring (bicyclic) bond motifs is 2. The zero-order valence-corrected chi connectivity index (χ0v) is 13.1. The molecule has 0 atom stereocenters. The Bertz CT molecular complexity index is 901. The lowest BCUT2D eigenvalue weighted by Gasteiger charge is -2.30. The number of carbonyl (C=O) groups excluding carboxylic acids is 1. The van der Waals surface area contributed by atoms with E-state index in [2.05, 4.69) is 11.1 Å². The Balaban J connectivity index is 1.85. The van der Waals surface area contributed by atoms with Gasteiger partial charge < -0.3 is 4.90 Å². The van der Waals surface area contributed by atoms with Gasteiger partial charge in [0.05, 0.1) is 11.1 Å². The third-order valence-corrected chi connectivity index (χ3v) is 4.43. The van der Waals surface area contributed by atoms with E-state index in [1.54, 1.807) is 0 Å². The van der Waals surface area contributed by atoms with Crippen molar-refractivity contribution in [3.05, 3.63) is 71.4 Å². The van der Waals surface area contributed by atoms with Gasteiger partial charge in [0, 0.05) is 23.3 Å². The second kappa shape index (κ2) is 5.51. The summed E-state index contributed by atoms with van der Waals surface area (Å²) in [5.41, 5.74) is 4.78. The molecule has 0 aliphatic carbocycles. The van der Waals surface area contributed by atoms with E-state index in [1.807, 2.05) is 60.4 Å². The maximum atomic E-state index is 13.2. The number of anilines is 1. The number of carbonyl (C=O) groups is 1. The molecule has 1 aromatic heterocycles. The first-order chi connectivity index (χ1) is 11.2. The highest BCUT2D eigenvalue weighted by molar-refractivity contribution is 6.14. The average Bonchev–Trinajstić information content (AvgIpc) is 2.60. The Morgan fingerprint density at radius 1 is 1.09 bits per heavy atom. The highest BCUT2D eigenvalue weighted by atomic mass is 16.2. The van der Waals surface area contributed by atoms with Gasteiger partial charge in [-0.2, -0.15) is 0 Å². The van der Waals surface area contributed by atoms with Crippen LogP contribution < -0.4 is 4.90 Å². The topological polar surface area (TPSA) is 33.2 Å². The van der Waals surface area contributed by atoms with Crippen LogP contribution in [0.2, 0.25) is 0 Å². The predicted octanol–water partition coefficient (Wildman–Crippen LogP) is 4.14. The quantitative estimate of drug-likeness (QED) is 0.677. The van der Waals surface area contributed by atoms with Crippen molar-refractivity contribution in [1.82, 2.24) is 4.98 Å². The maximum absolute atomic E-state index is 13.2. The number of hydrogen-bond donors (Lipinski definition) is 0. The first kappa shape index (κ1) is 13.9. The molecule has 3 aromatic rings. The summed E-state index contributed by atoms with van der Waals surface area (Å²) in [4.78, 5) is 19.7. The number of para-hydroxylation sites is 2. The van der Waals surface area contributed by atoms with Crippen LogP contribution in [-0.4, -0.2) is 17.4 Å². The molecule has 4 rings (SSSR count). The summed E-state index contributed by atoms with van der Waals surface area (Å²) in [5.74, 6) is 0.0684. The minimum atomic E-state index is 0.0684. The van der Waals surface area contributed by atoms with Crippen LogP contribution >= 0.6 is 0 Å². The summed E-state index contributed by atoms with van der Waals surface area (Å²) in [6.45, 7) is 2.71. The highest BCUT2D eigenvalue weighted by Crippen LogP contribution is 2.29. The third kappa shape index (κ3) is 2.38. The second-order valence-corrected chi connectivity index (χ2v) is 6.02. The summed E-state index contributed by atoms with van der Waals surface area (Å²) in [6, 6.07) is 18.0. The lowest BCUT2D eigenvalue weighted by molar-refractivity contribution is 0.0986. The van der Waals surface area contributed by atoms with Crippen molar-refractivity contribution in [3.63, 3.8) is 0 Å². The SMILES string of the molecule is Cc1cc(C(=O)N2CCCc3ccccc32)c2ccccc2n1. The molecular formula is C20H18N2O. The molecular weight excluding hydrogens is 284 g/mol. The molecule has 3 heteroatoms. The molecule has 114 valence electrons. The lowest BCUT2D eigenvalue weighted by atomic mass is 9.99. The number of aryl methyl sites for hydroxylation is 2. The van der Waals surface area contributed by atoms with Crippen molar-refractivity contribution in [2.24, 2.45) is 0 Å². The molecule has 2 aromatic carbocycles. The monoisotopic (exact) mass is 302 g/mol. The molecule has 1 aliphatic rings. The Kier molecular flexibility index (Phi) is 3.34. The molecule has 3 nitrogen and oxygen atoms in total. The van der Waals surface area contributed by atoms with Gasteiger partial charge in [-0.15, -0.1) is 0 Å². The molecule has 0 saturated heterocycles. The first-order valence-corrected chi connectivity index (χ1v) is 8.00. The smallest absolute Gasteiger partial charge is 0.259 e. The second-order valence-electron chi connectivity index (χ2n) is 6.02. The largest absolute Gasteiger partial charge is 0.308 e. The van der Waals surface area contributed by atoms with E-state index >= 15 is 0 Å². The molecule has 1 aliphatic heterocycles. The fraction of sp³-hybridized carbons (Fsp3) is 0.200. The molecule has 1 amide bonds. The summed E-state index contributed by atoms with van der Waals surface area (Å²) < 4.78 is 0. The third-order valence-electron chi connectivity index (χ3n) is 4.43. The number of aromatic nitrogens is 1. The lowest BCUT2D eigenvalue weighted by Crippen LogP contribution is -2.35. The van der Waals surface area contributed by atoms with Crippen molar-refractivity contribution in [1.29, 1.82) is 0 Å². The van der Waals surface area contributed by atoms with Gasteiger partial charge in [0.1, 0.15) is 0 Å². The number of amides is 1. The highest BCUT2D eigenvalue weighted by Gasteiger charge is 2.24. The summed E-state index contributed by atoms with van der Waals surface area (Å²) in [6.07, 6.45) is 2.04. The van der Waals surface area contributed by atoms with Gasteiger partial charge in [0.15, 0.2) is 0 Å². The molecule has 0 bridgehead atoms. The van der Waals surface area contributed by atoms with Crippen molar-refractivity contribution >= 4 is 22.5 Å². The van der Waals surface area contributed by atoms with Gasteiger partial charge in [-0.25, -0.2) is 0 Å². The van der Waals surface area contributed by atoms with E-state index in [-0.39, 0.29) is 5.91 Å². The zero-order chi connectivity index (χ0) is 15.8. The van der Waals surface area contributed by atoms with Crippen molar-refractivity contribution in [2.45, 2.75) is 19.8 Å². The summed E-state index contributed by atoms with van der Waals surface area (Å²) in [5, 5.41) is 0.922. The van der Waals surface area contributed by atoms with Crippen LogP contribution in [0.1, 0.15) is 28.0 Å². The normalized spacial score (nSPS) is 13.9. The predicted molar refractivity (Wildman–Crippen MR) is 92.9 cm³/mol. The Morgan fingerprint density at radius 3 is 2.78 bits per heavy atom. The van der Waals surface area contributed by atoms with E-state index < -0.39 is 0 Å². The number of nitrogens with zero attached hydrogens (tertiary/aromatic N) is 2. The van der Waals surface area contributed by atoms with E-state index in [9.17, 15) is 4.79 Å². The molecule has 0 N–H and O–H groups in total. The van der Waals surface area contributed by atoms with Crippen LogP contribution in [0.15, 0.2) is 54.6 Å². The van der Waals surface area contributed by atoms with Gasteiger partial charge in [-0.3, -0.25) is 9.78 Å². The maximum Gasteiger partial charge on any atom is 0.259 e. The van der Waals surface area contributed by atoms with E-state index in [1.165, 1.54) is 5.56 Å². The molecule has 0 unspecified atom stereocenters. The molecule has 2 heterocycles. The van der Waals surface area contributed by atoms with E-state index in [0.29, 0.717) is 0 Å². The van der Waals surface area contributed by atoms with Crippen molar-refractivity contribution in [2.75, 3.05) is 11.4 Å². The minimum absolute atomic E-state index is 0.0684. The zero-order valence-electron chi connectivity index (χ0n) is 13.1. The number of hydrogen-bond acceptors (Lipinski definition) is 2. The van der Waals surface area contributed by atoms with Crippen LogP contribution in [0.4, 0.5) is 5.69 Å². The van der Waals surface area contributed by atoms with Crippen LogP contribution in [0, 0.1) is 6.92 Å². The first-order valence-electron chi connectivity index (χ1n) is 8.00. The molecule has 0 saturated carbocycles. The van der Waals surface area contributed by atoms with Crippen LogP contribution in [-0.2, 0) is 6.42 Å². The number of rotatable bonds is 1. The van der Waals surface area contributed by atoms with Crippen molar-refractivity contribution < 1.29 is 4.79 Å². The molecule has 0 spiro atoms. The average molecular weight is 302 g/mol. The molecule has 0 fully saturated rings.